The first-order valence-electron chi connectivity index (χ1n) is 11.0. The highest BCUT2D eigenvalue weighted by Crippen LogP contribution is 2.51. The molecule has 3 aromatic carbocycles. The molecule has 0 fully saturated rings. The van der Waals surface area contributed by atoms with Gasteiger partial charge in [0.2, 0.25) is 10.0 Å². The molecule has 0 aromatic heterocycles. The molecule has 4 atom stereocenters. The topological polar surface area (TPSA) is 58.2 Å². The quantitative estimate of drug-likeness (QED) is 0.505. The number of allylic oxidation sites excluding steroid dienone is 2. The Labute approximate surface area is 184 Å². The molecule has 0 spiro atoms. The molecular weight excluding hydrogens is 404 g/mol. The Morgan fingerprint density at radius 3 is 2.71 bits per heavy atom. The molecule has 2 aliphatic rings. The van der Waals surface area contributed by atoms with Gasteiger partial charge >= 0.3 is 0 Å². The lowest BCUT2D eigenvalue weighted by Crippen LogP contribution is -2.33. The summed E-state index contributed by atoms with van der Waals surface area (Å²) in [5.41, 5.74) is 3.40. The van der Waals surface area contributed by atoms with Crippen LogP contribution in [0.25, 0.3) is 10.8 Å². The van der Waals surface area contributed by atoms with E-state index in [1.807, 2.05) is 26.0 Å². The summed E-state index contributed by atoms with van der Waals surface area (Å²) in [6, 6.07) is 20.6. The second-order valence-corrected chi connectivity index (χ2v) is 10.4. The average Bonchev–Trinajstić information content (AvgIpc) is 3.28. The zero-order valence-corrected chi connectivity index (χ0v) is 18.7. The predicted octanol–water partition coefficient (Wildman–Crippen LogP) is 5.74. The Kier molecular flexibility index (Phi) is 5.11. The summed E-state index contributed by atoms with van der Waals surface area (Å²) in [6.45, 7) is 3.87. The van der Waals surface area contributed by atoms with E-state index in [-0.39, 0.29) is 18.0 Å². The first kappa shape index (κ1) is 20.3. The predicted molar refractivity (Wildman–Crippen MR) is 127 cm³/mol. The molecule has 1 heterocycles. The number of anilines is 1. The minimum atomic E-state index is -3.53. The molecule has 4 nitrogen and oxygen atoms in total. The van der Waals surface area contributed by atoms with Crippen LogP contribution in [0.15, 0.2) is 77.7 Å². The SMILES string of the molecule is CCC(C)NS(=O)(=O)c1ccc2c(c1)C1C=CCC1C(c1cccc3ccccc13)N2. The number of benzene rings is 3. The van der Waals surface area contributed by atoms with Gasteiger partial charge in [-0.2, -0.15) is 0 Å². The van der Waals surface area contributed by atoms with Gasteiger partial charge in [0.05, 0.1) is 10.9 Å². The van der Waals surface area contributed by atoms with Crippen molar-refractivity contribution < 1.29 is 8.42 Å². The van der Waals surface area contributed by atoms with E-state index < -0.39 is 10.0 Å². The Hall–Kier alpha value is -2.63. The number of hydrogen-bond acceptors (Lipinski definition) is 3. The Morgan fingerprint density at radius 2 is 1.87 bits per heavy atom. The molecule has 5 heteroatoms. The minimum Gasteiger partial charge on any atom is -0.378 e. The molecule has 3 aromatic rings. The van der Waals surface area contributed by atoms with Crippen molar-refractivity contribution in [2.45, 2.75) is 49.6 Å². The van der Waals surface area contributed by atoms with Gasteiger partial charge in [0, 0.05) is 17.6 Å². The van der Waals surface area contributed by atoms with Crippen LogP contribution in [-0.4, -0.2) is 14.5 Å². The normalized spacial score (nSPS) is 23.2. The maximum Gasteiger partial charge on any atom is 0.240 e. The summed E-state index contributed by atoms with van der Waals surface area (Å²) in [5, 5.41) is 6.27. The van der Waals surface area contributed by atoms with Crippen molar-refractivity contribution in [3.63, 3.8) is 0 Å². The fourth-order valence-electron chi connectivity index (χ4n) is 4.99. The molecular formula is C26H28N2O2S. The van der Waals surface area contributed by atoms with Crippen LogP contribution in [0.3, 0.4) is 0 Å². The van der Waals surface area contributed by atoms with E-state index >= 15 is 0 Å². The van der Waals surface area contributed by atoms with Crippen molar-refractivity contribution in [1.82, 2.24) is 4.72 Å². The van der Waals surface area contributed by atoms with Gasteiger partial charge in [-0.3, -0.25) is 0 Å². The van der Waals surface area contributed by atoms with E-state index in [4.69, 9.17) is 0 Å². The molecule has 0 bridgehead atoms. The van der Waals surface area contributed by atoms with Gasteiger partial charge in [-0.25, -0.2) is 13.1 Å². The van der Waals surface area contributed by atoms with Crippen LogP contribution in [0.2, 0.25) is 0 Å². The Balaban J connectivity index is 1.56. The van der Waals surface area contributed by atoms with Crippen molar-refractivity contribution in [2.24, 2.45) is 5.92 Å². The standard InChI is InChI=1S/C26H28N2O2S/c1-3-17(2)28-31(29,30)19-14-15-25-24(16-19)21-11-7-13-23(21)26(27-25)22-12-6-9-18-8-4-5-10-20(18)22/h4-12,14-17,21,23,26-28H,3,13H2,1-2H3. The van der Waals surface area contributed by atoms with Gasteiger partial charge in [0.25, 0.3) is 0 Å². The minimum absolute atomic E-state index is 0.0889. The number of nitrogens with one attached hydrogen (secondary N) is 2. The summed E-state index contributed by atoms with van der Waals surface area (Å²) in [4.78, 5) is 0.344. The number of hydrogen-bond donors (Lipinski definition) is 2. The highest BCUT2D eigenvalue weighted by atomic mass is 32.2. The molecule has 0 radical (unpaired) electrons. The van der Waals surface area contributed by atoms with Crippen LogP contribution in [0.5, 0.6) is 0 Å². The van der Waals surface area contributed by atoms with Gasteiger partial charge in [0.1, 0.15) is 0 Å². The second kappa shape index (κ2) is 7.81. The van der Waals surface area contributed by atoms with Crippen molar-refractivity contribution in [3.8, 4) is 0 Å². The monoisotopic (exact) mass is 432 g/mol. The second-order valence-electron chi connectivity index (χ2n) is 8.72. The van der Waals surface area contributed by atoms with E-state index in [0.717, 1.165) is 24.1 Å². The summed E-state index contributed by atoms with van der Waals surface area (Å²) in [6.07, 6.45) is 6.22. The lowest BCUT2D eigenvalue weighted by molar-refractivity contribution is 0.427. The fourth-order valence-corrected chi connectivity index (χ4v) is 6.35. The fraction of sp³-hybridized carbons (Fsp3) is 0.308. The lowest BCUT2D eigenvalue weighted by atomic mass is 9.76. The zero-order chi connectivity index (χ0) is 21.6. The maximum atomic E-state index is 12.9. The van der Waals surface area contributed by atoms with Crippen LogP contribution in [-0.2, 0) is 10.0 Å². The largest absolute Gasteiger partial charge is 0.378 e. The van der Waals surface area contributed by atoms with Crippen molar-refractivity contribution in [3.05, 3.63) is 83.9 Å². The molecule has 31 heavy (non-hydrogen) atoms. The molecule has 4 unspecified atom stereocenters. The number of rotatable bonds is 5. The van der Waals surface area contributed by atoms with Crippen LogP contribution in [0, 0.1) is 5.92 Å². The highest BCUT2D eigenvalue weighted by molar-refractivity contribution is 7.89. The molecule has 5 rings (SSSR count). The third-order valence-corrected chi connectivity index (χ3v) is 8.36. The van der Waals surface area contributed by atoms with Gasteiger partial charge in [0.15, 0.2) is 0 Å². The van der Waals surface area contributed by atoms with Crippen LogP contribution in [0.4, 0.5) is 5.69 Å². The molecule has 1 aliphatic carbocycles. The van der Waals surface area contributed by atoms with Gasteiger partial charge in [-0.05, 0) is 65.8 Å². The smallest absolute Gasteiger partial charge is 0.240 e. The first-order valence-corrected chi connectivity index (χ1v) is 12.5. The summed E-state index contributed by atoms with van der Waals surface area (Å²) in [7, 11) is -3.53. The molecule has 0 saturated carbocycles. The third-order valence-electron chi connectivity index (χ3n) is 6.77. The van der Waals surface area contributed by atoms with Gasteiger partial charge < -0.3 is 5.32 Å². The summed E-state index contributed by atoms with van der Waals surface area (Å²) in [5.74, 6) is 0.567. The number of fused-ring (bicyclic) bond motifs is 4. The summed E-state index contributed by atoms with van der Waals surface area (Å²) < 4.78 is 28.5. The van der Waals surface area contributed by atoms with Crippen LogP contribution >= 0.6 is 0 Å². The first-order chi connectivity index (χ1) is 15.0. The van der Waals surface area contributed by atoms with Gasteiger partial charge in [-0.1, -0.05) is 61.5 Å². The van der Waals surface area contributed by atoms with E-state index in [1.54, 1.807) is 6.07 Å². The van der Waals surface area contributed by atoms with Crippen molar-refractivity contribution in [2.75, 3.05) is 5.32 Å². The van der Waals surface area contributed by atoms with Crippen molar-refractivity contribution in [1.29, 1.82) is 0 Å². The third kappa shape index (κ3) is 3.56. The lowest BCUT2D eigenvalue weighted by Gasteiger charge is -2.38. The van der Waals surface area contributed by atoms with E-state index in [0.29, 0.717) is 10.8 Å². The number of sulfonamides is 1. The van der Waals surface area contributed by atoms with Crippen LogP contribution in [0.1, 0.15) is 49.8 Å². The Bertz CT molecular complexity index is 1260. The molecule has 0 saturated heterocycles. The van der Waals surface area contributed by atoms with E-state index in [9.17, 15) is 8.42 Å². The molecule has 1 aliphatic heterocycles. The Morgan fingerprint density at radius 1 is 1.06 bits per heavy atom. The van der Waals surface area contributed by atoms with Crippen molar-refractivity contribution >= 4 is 26.5 Å². The van der Waals surface area contributed by atoms with E-state index in [1.165, 1.54) is 16.3 Å². The highest BCUT2D eigenvalue weighted by Gasteiger charge is 2.39. The summed E-state index contributed by atoms with van der Waals surface area (Å²) >= 11 is 0. The average molecular weight is 433 g/mol. The van der Waals surface area contributed by atoms with Gasteiger partial charge in [-0.15, -0.1) is 0 Å². The molecule has 160 valence electrons. The zero-order valence-electron chi connectivity index (χ0n) is 17.9. The maximum absolute atomic E-state index is 12.9. The molecule has 2 N–H and O–H groups in total. The van der Waals surface area contributed by atoms with E-state index in [2.05, 4.69) is 64.7 Å². The molecule has 0 amide bonds. The van der Waals surface area contributed by atoms with Crippen LogP contribution < -0.4 is 10.0 Å².